The summed E-state index contributed by atoms with van der Waals surface area (Å²) in [6, 6.07) is 12.1. The highest BCUT2D eigenvalue weighted by atomic mass is 16.5. The van der Waals surface area contributed by atoms with E-state index < -0.39 is 0 Å². The predicted octanol–water partition coefficient (Wildman–Crippen LogP) is 4.31. The number of aromatic nitrogens is 1. The van der Waals surface area contributed by atoms with E-state index in [2.05, 4.69) is 17.2 Å². The van der Waals surface area contributed by atoms with E-state index in [1.807, 2.05) is 41.3 Å². The van der Waals surface area contributed by atoms with Gasteiger partial charge in [-0.2, -0.15) is 0 Å². The Morgan fingerprint density at radius 3 is 2.96 bits per heavy atom. The number of pyridine rings is 1. The van der Waals surface area contributed by atoms with Gasteiger partial charge in [0, 0.05) is 25.5 Å². The van der Waals surface area contributed by atoms with Crippen LogP contribution in [0.3, 0.4) is 0 Å². The summed E-state index contributed by atoms with van der Waals surface area (Å²) in [5.41, 5.74) is 2.20. The van der Waals surface area contributed by atoms with Crippen molar-refractivity contribution < 1.29 is 9.53 Å². The Morgan fingerprint density at radius 2 is 2.15 bits per heavy atom. The van der Waals surface area contributed by atoms with Crippen LogP contribution in [-0.4, -0.2) is 29.1 Å². The number of nitrogens with zero attached hydrogens (tertiary/aromatic N) is 2. The van der Waals surface area contributed by atoms with Crippen molar-refractivity contribution in [3.8, 4) is 5.75 Å². The largest absolute Gasteiger partial charge is 0.494 e. The number of hydrogen-bond acceptors (Lipinski definition) is 3. The topological polar surface area (TPSA) is 54.5 Å². The molecule has 5 nitrogen and oxygen atoms in total. The fourth-order valence-electron chi connectivity index (χ4n) is 3.30. The fraction of sp³-hybridized carbons (Fsp3) is 0.429. The first-order chi connectivity index (χ1) is 12.8. The molecular formula is C21H27N3O2. The number of nitrogens with one attached hydrogen (secondary N) is 1. The Morgan fingerprint density at radius 1 is 1.31 bits per heavy atom. The van der Waals surface area contributed by atoms with Crippen molar-refractivity contribution in [1.82, 2.24) is 15.2 Å². The zero-order valence-electron chi connectivity index (χ0n) is 15.4. The Bertz CT molecular complexity index is 705. The minimum absolute atomic E-state index is 0.0124. The molecule has 138 valence electrons. The Hall–Kier alpha value is -2.56. The smallest absolute Gasteiger partial charge is 0.318 e. The SMILES string of the molecule is CCCCOc1cccc(CNC(=O)N2CCCC2c2ccncc2)c1. The summed E-state index contributed by atoms with van der Waals surface area (Å²) in [4.78, 5) is 18.7. The average Bonchev–Trinajstić information content (AvgIpc) is 3.17. The van der Waals surface area contributed by atoms with E-state index >= 15 is 0 Å². The van der Waals surface area contributed by atoms with E-state index in [1.54, 1.807) is 12.4 Å². The summed E-state index contributed by atoms with van der Waals surface area (Å²) < 4.78 is 5.74. The number of ether oxygens (including phenoxy) is 1. The van der Waals surface area contributed by atoms with E-state index in [1.165, 1.54) is 0 Å². The molecule has 2 amide bonds. The van der Waals surface area contributed by atoms with Gasteiger partial charge in [-0.15, -0.1) is 0 Å². The number of carbonyl (C=O) groups excluding carboxylic acids is 1. The number of rotatable bonds is 7. The van der Waals surface area contributed by atoms with Crippen molar-refractivity contribution in [2.45, 2.75) is 45.2 Å². The lowest BCUT2D eigenvalue weighted by Crippen LogP contribution is -2.39. The first kappa shape index (κ1) is 18.2. The van der Waals surface area contributed by atoms with E-state index in [0.717, 1.165) is 55.7 Å². The molecule has 2 heterocycles. The number of amides is 2. The zero-order chi connectivity index (χ0) is 18.2. The zero-order valence-corrected chi connectivity index (χ0v) is 15.4. The van der Waals surface area contributed by atoms with Crippen LogP contribution in [0.1, 0.15) is 49.8 Å². The van der Waals surface area contributed by atoms with Crippen LogP contribution in [0.2, 0.25) is 0 Å². The van der Waals surface area contributed by atoms with Crippen LogP contribution in [0.4, 0.5) is 4.79 Å². The Labute approximate surface area is 155 Å². The number of hydrogen-bond donors (Lipinski definition) is 1. The maximum Gasteiger partial charge on any atom is 0.318 e. The summed E-state index contributed by atoms with van der Waals surface area (Å²) in [7, 11) is 0. The first-order valence-corrected chi connectivity index (χ1v) is 9.44. The molecule has 1 atom stereocenters. The van der Waals surface area contributed by atoms with Crippen LogP contribution in [-0.2, 0) is 6.54 Å². The minimum Gasteiger partial charge on any atom is -0.494 e. The molecule has 0 radical (unpaired) electrons. The van der Waals surface area contributed by atoms with Crippen molar-refractivity contribution in [2.75, 3.05) is 13.2 Å². The van der Waals surface area contributed by atoms with Gasteiger partial charge in [0.15, 0.2) is 0 Å². The second-order valence-electron chi connectivity index (χ2n) is 6.64. The normalized spacial score (nSPS) is 16.5. The van der Waals surface area contributed by atoms with E-state index in [4.69, 9.17) is 4.74 Å². The molecule has 26 heavy (non-hydrogen) atoms. The third-order valence-electron chi connectivity index (χ3n) is 4.71. The molecule has 1 aromatic carbocycles. The number of likely N-dealkylation sites (tertiary alicyclic amines) is 1. The monoisotopic (exact) mass is 353 g/mol. The highest BCUT2D eigenvalue weighted by Crippen LogP contribution is 2.31. The highest BCUT2D eigenvalue weighted by Gasteiger charge is 2.29. The van der Waals surface area contributed by atoms with Crippen LogP contribution < -0.4 is 10.1 Å². The lowest BCUT2D eigenvalue weighted by molar-refractivity contribution is 0.192. The number of carbonyl (C=O) groups is 1. The Balaban J connectivity index is 1.56. The van der Waals surface area contributed by atoms with Gasteiger partial charge in [0.1, 0.15) is 5.75 Å². The van der Waals surface area contributed by atoms with Gasteiger partial charge in [0.2, 0.25) is 0 Å². The summed E-state index contributed by atoms with van der Waals surface area (Å²) in [5, 5.41) is 3.05. The van der Waals surface area contributed by atoms with E-state index in [0.29, 0.717) is 6.54 Å². The van der Waals surface area contributed by atoms with Crippen LogP contribution in [0, 0.1) is 0 Å². The molecule has 1 fully saturated rings. The summed E-state index contributed by atoms with van der Waals surface area (Å²) in [5.74, 6) is 0.862. The molecule has 1 aliphatic rings. The maximum atomic E-state index is 12.7. The van der Waals surface area contributed by atoms with E-state index in [9.17, 15) is 4.79 Å². The van der Waals surface area contributed by atoms with Crippen LogP contribution in [0.15, 0.2) is 48.8 Å². The second-order valence-corrected chi connectivity index (χ2v) is 6.64. The van der Waals surface area contributed by atoms with Crippen molar-refractivity contribution in [3.05, 3.63) is 59.9 Å². The predicted molar refractivity (Wildman–Crippen MR) is 102 cm³/mol. The van der Waals surface area contributed by atoms with Crippen LogP contribution >= 0.6 is 0 Å². The van der Waals surface area contributed by atoms with Crippen LogP contribution in [0.5, 0.6) is 5.75 Å². The van der Waals surface area contributed by atoms with Gasteiger partial charge in [-0.25, -0.2) is 4.79 Å². The van der Waals surface area contributed by atoms with Gasteiger partial charge in [0.05, 0.1) is 12.6 Å². The number of unbranched alkanes of at least 4 members (excludes halogenated alkanes) is 1. The van der Waals surface area contributed by atoms with Crippen molar-refractivity contribution in [1.29, 1.82) is 0 Å². The third-order valence-corrected chi connectivity index (χ3v) is 4.71. The lowest BCUT2D eigenvalue weighted by Gasteiger charge is -2.25. The molecule has 0 spiro atoms. The van der Waals surface area contributed by atoms with Crippen molar-refractivity contribution >= 4 is 6.03 Å². The quantitative estimate of drug-likeness (QED) is 0.755. The van der Waals surface area contributed by atoms with Gasteiger partial charge in [0.25, 0.3) is 0 Å². The van der Waals surface area contributed by atoms with Crippen molar-refractivity contribution in [3.63, 3.8) is 0 Å². The van der Waals surface area contributed by atoms with Crippen molar-refractivity contribution in [2.24, 2.45) is 0 Å². The summed E-state index contributed by atoms with van der Waals surface area (Å²) in [6.07, 6.45) is 7.76. The molecule has 3 rings (SSSR count). The fourth-order valence-corrected chi connectivity index (χ4v) is 3.30. The molecule has 1 unspecified atom stereocenters. The second kappa shape index (κ2) is 9.22. The molecule has 1 aromatic heterocycles. The number of urea groups is 1. The molecule has 1 N–H and O–H groups in total. The Kier molecular flexibility index (Phi) is 6.47. The molecule has 0 saturated carbocycles. The van der Waals surface area contributed by atoms with Gasteiger partial charge >= 0.3 is 6.03 Å². The van der Waals surface area contributed by atoms with Gasteiger partial charge in [-0.1, -0.05) is 25.5 Å². The number of benzene rings is 1. The standard InChI is InChI=1S/C21H27N3O2/c1-2-3-14-26-19-7-4-6-17(15-19)16-23-21(25)24-13-5-8-20(24)18-9-11-22-12-10-18/h4,6-7,9-12,15,20H,2-3,5,8,13-14,16H2,1H3,(H,23,25). The minimum atomic E-state index is -0.0124. The highest BCUT2D eigenvalue weighted by molar-refractivity contribution is 5.75. The van der Waals surface area contributed by atoms with Gasteiger partial charge in [-0.05, 0) is 54.7 Å². The maximum absolute atomic E-state index is 12.7. The molecule has 5 heteroatoms. The summed E-state index contributed by atoms with van der Waals surface area (Å²) in [6.45, 7) is 4.17. The van der Waals surface area contributed by atoms with Crippen LogP contribution in [0.25, 0.3) is 0 Å². The molecule has 0 aliphatic carbocycles. The third kappa shape index (κ3) is 4.75. The molecule has 0 bridgehead atoms. The molecular weight excluding hydrogens is 326 g/mol. The van der Waals surface area contributed by atoms with E-state index in [-0.39, 0.29) is 12.1 Å². The molecule has 1 saturated heterocycles. The van der Waals surface area contributed by atoms with Gasteiger partial charge < -0.3 is 15.0 Å². The average molecular weight is 353 g/mol. The summed E-state index contributed by atoms with van der Waals surface area (Å²) >= 11 is 0. The van der Waals surface area contributed by atoms with Gasteiger partial charge in [-0.3, -0.25) is 4.98 Å². The first-order valence-electron chi connectivity index (χ1n) is 9.44. The molecule has 1 aliphatic heterocycles. The molecule has 2 aromatic rings. The lowest BCUT2D eigenvalue weighted by atomic mass is 10.1.